The summed E-state index contributed by atoms with van der Waals surface area (Å²) in [6.45, 7) is 0. The smallest absolute Gasteiger partial charge is 0.236 e. The molecule has 0 radical (unpaired) electrons. The van der Waals surface area contributed by atoms with Crippen molar-refractivity contribution in [3.05, 3.63) is 55.8 Å². The molecule has 2 nitrogen and oxygen atoms in total. The second-order valence-electron chi connectivity index (χ2n) is 3.07. The molecule has 1 aromatic carbocycles. The number of hydrogen-bond acceptors (Lipinski definition) is 2. The molecule has 0 saturated carbocycles. The number of hydrogen-bond donors (Lipinski definition) is 0. The maximum absolute atomic E-state index is 11.8. The Balaban J connectivity index is 2.40. The standard InChI is InChI=1S/C11H7Cl2NOS/c12-8-3-4-10(13)11(6-8)14(15)7-9-2-1-5-16-9/h1-7H/b14-7-. The lowest BCUT2D eigenvalue weighted by Gasteiger charge is -2.04. The number of nitrogens with zero attached hydrogens (tertiary/aromatic N) is 1. The van der Waals surface area contributed by atoms with E-state index in [0.717, 1.165) is 9.62 Å². The van der Waals surface area contributed by atoms with Crippen LogP contribution in [-0.2, 0) is 0 Å². The largest absolute Gasteiger partial charge is 0.618 e. The van der Waals surface area contributed by atoms with Gasteiger partial charge in [-0.1, -0.05) is 29.3 Å². The molecule has 0 aliphatic heterocycles. The first-order chi connectivity index (χ1) is 7.66. The van der Waals surface area contributed by atoms with Gasteiger partial charge in [-0.15, -0.1) is 11.3 Å². The highest BCUT2D eigenvalue weighted by molar-refractivity contribution is 7.11. The van der Waals surface area contributed by atoms with Crippen molar-refractivity contribution in [3.63, 3.8) is 0 Å². The predicted octanol–water partition coefficient (Wildman–Crippen LogP) is 4.32. The van der Waals surface area contributed by atoms with E-state index in [4.69, 9.17) is 23.2 Å². The Hall–Kier alpha value is -1.03. The van der Waals surface area contributed by atoms with Crippen molar-refractivity contribution in [2.45, 2.75) is 0 Å². The summed E-state index contributed by atoms with van der Waals surface area (Å²) in [6.07, 6.45) is 1.47. The Morgan fingerprint density at radius 3 is 2.75 bits per heavy atom. The minimum Gasteiger partial charge on any atom is -0.618 e. The van der Waals surface area contributed by atoms with Crippen LogP contribution in [0.1, 0.15) is 4.88 Å². The molecule has 2 aromatic rings. The molecule has 5 heteroatoms. The van der Waals surface area contributed by atoms with Gasteiger partial charge in [0, 0.05) is 11.1 Å². The van der Waals surface area contributed by atoms with Gasteiger partial charge in [0.05, 0.1) is 4.88 Å². The summed E-state index contributed by atoms with van der Waals surface area (Å²) in [4.78, 5) is 0.867. The van der Waals surface area contributed by atoms with Crippen LogP contribution in [-0.4, -0.2) is 11.0 Å². The van der Waals surface area contributed by atoms with Gasteiger partial charge in [-0.2, -0.15) is 4.74 Å². The van der Waals surface area contributed by atoms with Crippen molar-refractivity contribution >= 4 is 46.4 Å². The van der Waals surface area contributed by atoms with Crippen molar-refractivity contribution in [1.29, 1.82) is 0 Å². The molecule has 0 bridgehead atoms. The average molecular weight is 272 g/mol. The molecule has 0 N–H and O–H groups in total. The molecular weight excluding hydrogens is 265 g/mol. The summed E-state index contributed by atoms with van der Waals surface area (Å²) in [5.74, 6) is 0. The van der Waals surface area contributed by atoms with Crippen molar-refractivity contribution in [2.24, 2.45) is 0 Å². The maximum atomic E-state index is 11.8. The second-order valence-corrected chi connectivity index (χ2v) is 4.89. The van der Waals surface area contributed by atoms with Crippen LogP contribution in [0.4, 0.5) is 5.69 Å². The molecule has 2 rings (SSSR count). The average Bonchev–Trinajstić information content (AvgIpc) is 2.74. The van der Waals surface area contributed by atoms with Gasteiger partial charge in [0.15, 0.2) is 6.21 Å². The van der Waals surface area contributed by atoms with Gasteiger partial charge in [-0.3, -0.25) is 0 Å². The third-order valence-electron chi connectivity index (χ3n) is 1.93. The summed E-state index contributed by atoms with van der Waals surface area (Å²) >= 11 is 13.2. The molecule has 82 valence electrons. The van der Waals surface area contributed by atoms with Gasteiger partial charge in [-0.05, 0) is 23.6 Å². The Morgan fingerprint density at radius 2 is 2.06 bits per heavy atom. The van der Waals surface area contributed by atoms with Crippen LogP contribution in [0.3, 0.4) is 0 Å². The van der Waals surface area contributed by atoms with Crippen LogP contribution in [0.2, 0.25) is 10.0 Å². The Morgan fingerprint density at radius 1 is 1.25 bits per heavy atom. The fraction of sp³-hybridized carbons (Fsp3) is 0. The SMILES string of the molecule is [O-]/[N+](=C\c1cccs1)c1cc(Cl)ccc1Cl. The summed E-state index contributed by atoms with van der Waals surface area (Å²) in [5.41, 5.74) is 0.350. The molecule has 0 aliphatic carbocycles. The monoisotopic (exact) mass is 271 g/mol. The van der Waals surface area contributed by atoms with E-state index in [0.29, 0.717) is 15.7 Å². The van der Waals surface area contributed by atoms with Crippen LogP contribution >= 0.6 is 34.5 Å². The Kier molecular flexibility index (Phi) is 3.49. The number of rotatable bonds is 2. The Labute approximate surface area is 107 Å². The number of benzene rings is 1. The second kappa shape index (κ2) is 4.87. The van der Waals surface area contributed by atoms with Crippen LogP contribution in [0.15, 0.2) is 35.7 Å². The first-order valence-electron chi connectivity index (χ1n) is 4.46. The van der Waals surface area contributed by atoms with Gasteiger partial charge in [-0.25, -0.2) is 0 Å². The van der Waals surface area contributed by atoms with Crippen LogP contribution in [0.5, 0.6) is 0 Å². The van der Waals surface area contributed by atoms with Crippen LogP contribution < -0.4 is 0 Å². The predicted molar refractivity (Wildman–Crippen MR) is 69.2 cm³/mol. The lowest BCUT2D eigenvalue weighted by Crippen LogP contribution is -1.97. The summed E-state index contributed by atoms with van der Waals surface area (Å²) in [7, 11) is 0. The molecular formula is C11H7Cl2NOS. The molecule has 0 unspecified atom stereocenters. The van der Waals surface area contributed by atoms with E-state index in [9.17, 15) is 5.21 Å². The van der Waals surface area contributed by atoms with E-state index in [-0.39, 0.29) is 0 Å². The summed E-state index contributed by atoms with van der Waals surface area (Å²) < 4.78 is 0.722. The van der Waals surface area contributed by atoms with Gasteiger partial charge in [0.2, 0.25) is 5.69 Å². The highest BCUT2D eigenvalue weighted by Crippen LogP contribution is 2.27. The lowest BCUT2D eigenvalue weighted by molar-refractivity contribution is -0.354. The van der Waals surface area contributed by atoms with Gasteiger partial charge in [0.25, 0.3) is 0 Å². The van der Waals surface area contributed by atoms with Gasteiger partial charge < -0.3 is 5.21 Å². The van der Waals surface area contributed by atoms with Crippen molar-refractivity contribution in [1.82, 2.24) is 0 Å². The van der Waals surface area contributed by atoms with Gasteiger partial charge in [0.1, 0.15) is 5.02 Å². The molecule has 0 saturated heterocycles. The Bertz CT molecular complexity index is 523. The van der Waals surface area contributed by atoms with Crippen molar-refractivity contribution < 1.29 is 4.74 Å². The molecule has 0 amide bonds. The zero-order chi connectivity index (χ0) is 11.5. The van der Waals surface area contributed by atoms with E-state index in [1.54, 1.807) is 18.2 Å². The summed E-state index contributed by atoms with van der Waals surface area (Å²) in [6, 6.07) is 8.53. The number of thiophene rings is 1. The molecule has 0 aliphatic rings. The van der Waals surface area contributed by atoms with E-state index in [2.05, 4.69) is 0 Å². The van der Waals surface area contributed by atoms with Crippen LogP contribution in [0, 0.1) is 5.21 Å². The zero-order valence-corrected chi connectivity index (χ0v) is 10.4. The first-order valence-corrected chi connectivity index (χ1v) is 6.10. The lowest BCUT2D eigenvalue weighted by atomic mass is 10.3. The molecule has 1 aromatic heterocycles. The van der Waals surface area contributed by atoms with Gasteiger partial charge >= 0.3 is 0 Å². The number of halogens is 2. The van der Waals surface area contributed by atoms with E-state index >= 15 is 0 Å². The highest BCUT2D eigenvalue weighted by atomic mass is 35.5. The van der Waals surface area contributed by atoms with Crippen molar-refractivity contribution in [3.8, 4) is 0 Å². The molecule has 1 heterocycles. The third kappa shape index (κ3) is 2.55. The normalized spacial score (nSPS) is 11.8. The summed E-state index contributed by atoms with van der Waals surface area (Å²) in [5, 5.41) is 14.6. The quantitative estimate of drug-likeness (QED) is 0.346. The van der Waals surface area contributed by atoms with Crippen LogP contribution in [0.25, 0.3) is 0 Å². The fourth-order valence-corrected chi connectivity index (χ4v) is 2.20. The first kappa shape index (κ1) is 11.5. The fourth-order valence-electron chi connectivity index (χ4n) is 1.20. The minimum absolute atomic E-state index is 0.350. The van der Waals surface area contributed by atoms with E-state index < -0.39 is 0 Å². The zero-order valence-electron chi connectivity index (χ0n) is 8.06. The minimum atomic E-state index is 0.350. The molecule has 0 atom stereocenters. The van der Waals surface area contributed by atoms with Crippen molar-refractivity contribution in [2.75, 3.05) is 0 Å². The molecule has 0 fully saturated rings. The topological polar surface area (TPSA) is 26.1 Å². The van der Waals surface area contributed by atoms with E-state index in [1.807, 2.05) is 17.5 Å². The molecule has 0 spiro atoms. The van der Waals surface area contributed by atoms with E-state index in [1.165, 1.54) is 17.6 Å². The third-order valence-corrected chi connectivity index (χ3v) is 3.29. The molecule has 16 heavy (non-hydrogen) atoms. The highest BCUT2D eigenvalue weighted by Gasteiger charge is 2.09. The maximum Gasteiger partial charge on any atom is 0.236 e.